The van der Waals surface area contributed by atoms with Crippen LogP contribution in [-0.4, -0.2) is 67.0 Å². The van der Waals surface area contributed by atoms with Crippen molar-refractivity contribution in [1.82, 2.24) is 29.9 Å². The lowest BCUT2D eigenvalue weighted by atomic mass is 9.90. The second-order valence-electron chi connectivity index (χ2n) is 11.4. The molecule has 3 aromatic heterocycles. The van der Waals surface area contributed by atoms with Crippen LogP contribution in [0.15, 0.2) is 60.2 Å². The summed E-state index contributed by atoms with van der Waals surface area (Å²) in [5.41, 5.74) is 12.8. The van der Waals surface area contributed by atoms with Gasteiger partial charge >= 0.3 is 0 Å². The molecule has 1 saturated heterocycles. The van der Waals surface area contributed by atoms with Crippen LogP contribution >= 0.6 is 11.3 Å². The lowest BCUT2D eigenvalue weighted by molar-refractivity contribution is -0.132. The molecule has 224 valence electrons. The number of halogens is 1. The van der Waals surface area contributed by atoms with Gasteiger partial charge in [0.25, 0.3) is 5.91 Å². The van der Waals surface area contributed by atoms with Gasteiger partial charge in [-0.05, 0) is 66.6 Å². The molecule has 0 radical (unpaired) electrons. The van der Waals surface area contributed by atoms with Crippen molar-refractivity contribution < 1.29 is 14.0 Å². The van der Waals surface area contributed by atoms with Gasteiger partial charge in [-0.2, -0.15) is 15.3 Å². The largest absolute Gasteiger partial charge is 0.364 e. The molecule has 5 aromatic rings. The minimum Gasteiger partial charge on any atom is -0.364 e. The van der Waals surface area contributed by atoms with Gasteiger partial charge < -0.3 is 16.0 Å². The van der Waals surface area contributed by atoms with E-state index in [-0.39, 0.29) is 37.2 Å². The third-order valence-corrected chi connectivity index (χ3v) is 9.31. The van der Waals surface area contributed by atoms with Crippen molar-refractivity contribution in [2.45, 2.75) is 50.9 Å². The number of aromatic nitrogens is 5. The van der Waals surface area contributed by atoms with Crippen molar-refractivity contribution in [1.29, 1.82) is 0 Å². The molecule has 0 unspecified atom stereocenters. The number of fused-ring (bicyclic) bond motifs is 2. The Balaban J connectivity index is 1.06. The molecule has 1 fully saturated rings. The van der Waals surface area contributed by atoms with Crippen LogP contribution in [0, 0.1) is 0 Å². The molecule has 7 rings (SSSR count). The number of primary amides is 1. The van der Waals surface area contributed by atoms with Gasteiger partial charge in [-0.3, -0.25) is 14.3 Å². The topological polar surface area (TPSA) is 132 Å². The van der Waals surface area contributed by atoms with Crippen molar-refractivity contribution in [2.75, 3.05) is 18.4 Å². The average Bonchev–Trinajstić information content (AvgIpc) is 3.77. The number of amides is 2. The predicted octanol–water partition coefficient (Wildman–Crippen LogP) is 4.65. The number of carbonyl (C=O) groups excluding carboxylic acids is 2. The average molecular weight is 611 g/mol. The third-order valence-electron chi connectivity index (χ3n) is 8.51. The third kappa shape index (κ3) is 5.52. The summed E-state index contributed by atoms with van der Waals surface area (Å²) >= 11 is 1.50. The highest BCUT2D eigenvalue weighted by molar-refractivity contribution is 7.14. The summed E-state index contributed by atoms with van der Waals surface area (Å²) in [4.78, 5) is 32.1. The highest BCUT2D eigenvalue weighted by atomic mass is 32.1. The Bertz CT molecular complexity index is 1860. The van der Waals surface area contributed by atoms with Gasteiger partial charge in [-0.1, -0.05) is 18.2 Å². The summed E-state index contributed by atoms with van der Waals surface area (Å²) in [5.74, 6) is -0.981. The van der Waals surface area contributed by atoms with Crippen molar-refractivity contribution in [3.05, 3.63) is 77.1 Å². The van der Waals surface area contributed by atoms with Gasteiger partial charge in [0.05, 0.1) is 36.2 Å². The van der Waals surface area contributed by atoms with Gasteiger partial charge in [0.1, 0.15) is 12.7 Å². The van der Waals surface area contributed by atoms with Gasteiger partial charge in [0.15, 0.2) is 10.8 Å². The fraction of sp³-hybridized carbons (Fsp3) is 0.312. The molecular formula is C32H31FN8O2S. The lowest BCUT2D eigenvalue weighted by Crippen LogP contribution is -2.41. The summed E-state index contributed by atoms with van der Waals surface area (Å²) in [7, 11) is 0. The number of thiazole rings is 1. The van der Waals surface area contributed by atoms with Gasteiger partial charge in [-0.25, -0.2) is 9.37 Å². The molecule has 44 heavy (non-hydrogen) atoms. The fourth-order valence-electron chi connectivity index (χ4n) is 6.29. The number of nitrogens with two attached hydrogens (primary N) is 1. The second kappa shape index (κ2) is 11.8. The number of anilines is 1. The monoisotopic (exact) mass is 610 g/mol. The van der Waals surface area contributed by atoms with Crippen LogP contribution in [0.1, 0.15) is 40.9 Å². The number of nitrogens with zero attached hydrogens (tertiary/aromatic N) is 6. The number of nitrogens with one attached hydrogen (secondary N) is 1. The number of hydrogen-bond acceptors (Lipinski definition) is 8. The van der Waals surface area contributed by atoms with Gasteiger partial charge in [0, 0.05) is 34.9 Å². The number of alkyl halides is 1. The van der Waals surface area contributed by atoms with E-state index in [2.05, 4.69) is 38.8 Å². The minimum absolute atomic E-state index is 0.00446. The minimum atomic E-state index is -1.12. The summed E-state index contributed by atoms with van der Waals surface area (Å²) in [6.07, 6.45) is 7.03. The van der Waals surface area contributed by atoms with Gasteiger partial charge in [0.2, 0.25) is 5.91 Å². The molecule has 0 bridgehead atoms. The van der Waals surface area contributed by atoms with Crippen LogP contribution < -0.4 is 11.1 Å². The first kappa shape index (κ1) is 28.1. The lowest BCUT2D eigenvalue weighted by Gasteiger charge is -2.24. The molecule has 4 heterocycles. The second-order valence-corrected chi connectivity index (χ2v) is 12.2. The maximum absolute atomic E-state index is 14.7. The molecule has 1 aliphatic carbocycles. The smallest absolute Gasteiger partial charge is 0.269 e. The standard InChI is InChI=1S/C32H31FN8O2S/c33-24-13-25(15-35-32-38-27(18-44-32)22-6-5-19-3-1-2-4-20(19)11-22)40(16-24)29(42)17-41-28-8-7-21(23-9-10-36-37-14-23)12-26(28)30(39-41)31(34)43/h5-12,14,18,24-25H,1-4,13,15-17H2,(H2,34,43)(H,35,38)/t24-,25+/m1/s1. The maximum Gasteiger partial charge on any atom is 0.269 e. The highest BCUT2D eigenvalue weighted by Crippen LogP contribution is 2.31. The Hall–Kier alpha value is -4.71. The van der Waals surface area contributed by atoms with Crippen LogP contribution in [0.5, 0.6) is 0 Å². The quantitative estimate of drug-likeness (QED) is 0.262. The molecule has 3 N–H and O–H groups in total. The Morgan fingerprint density at radius 2 is 1.86 bits per heavy atom. The predicted molar refractivity (Wildman–Crippen MR) is 167 cm³/mol. The van der Waals surface area contributed by atoms with E-state index in [0.29, 0.717) is 17.4 Å². The molecule has 10 nitrogen and oxygen atoms in total. The number of hydrogen-bond donors (Lipinski definition) is 2. The Labute approximate surface area is 257 Å². The summed E-state index contributed by atoms with van der Waals surface area (Å²) in [5, 5.41) is 18.7. The normalized spacial score (nSPS) is 18.0. The molecule has 2 amide bonds. The maximum atomic E-state index is 14.7. The van der Waals surface area contributed by atoms with Crippen LogP contribution in [0.4, 0.5) is 9.52 Å². The van der Waals surface area contributed by atoms with E-state index in [4.69, 9.17) is 10.7 Å². The van der Waals surface area contributed by atoms with E-state index < -0.39 is 12.1 Å². The zero-order valence-corrected chi connectivity index (χ0v) is 24.8. The molecular weight excluding hydrogens is 579 g/mol. The first-order valence-corrected chi connectivity index (χ1v) is 15.6. The summed E-state index contributed by atoms with van der Waals surface area (Å²) in [6, 6.07) is 13.5. The van der Waals surface area contributed by atoms with Crippen LogP contribution in [0.2, 0.25) is 0 Å². The SMILES string of the molecule is NC(=O)c1nn(CC(=O)N2C[C@H](F)C[C@H]2CNc2nc(-c3ccc4c(c3)CCCC4)cs2)c2ccc(-c3ccnnc3)cc12. The number of likely N-dealkylation sites (tertiary alicyclic amines) is 1. The molecule has 2 atom stereocenters. The van der Waals surface area contributed by atoms with Crippen molar-refractivity contribution >= 4 is 39.2 Å². The van der Waals surface area contributed by atoms with Crippen molar-refractivity contribution in [3.8, 4) is 22.4 Å². The van der Waals surface area contributed by atoms with Crippen molar-refractivity contribution in [2.24, 2.45) is 5.73 Å². The van der Waals surface area contributed by atoms with Crippen LogP contribution in [-0.2, 0) is 24.2 Å². The van der Waals surface area contributed by atoms with E-state index in [1.165, 1.54) is 40.0 Å². The van der Waals surface area contributed by atoms with Crippen LogP contribution in [0.3, 0.4) is 0 Å². The van der Waals surface area contributed by atoms with E-state index in [1.54, 1.807) is 29.4 Å². The molecule has 2 aromatic carbocycles. The Kier molecular flexibility index (Phi) is 7.51. The van der Waals surface area contributed by atoms with Gasteiger partial charge in [-0.15, -0.1) is 11.3 Å². The first-order chi connectivity index (χ1) is 21.4. The Morgan fingerprint density at radius 1 is 1.02 bits per heavy atom. The first-order valence-electron chi connectivity index (χ1n) is 14.8. The molecule has 12 heteroatoms. The zero-order chi connectivity index (χ0) is 30.2. The van der Waals surface area contributed by atoms with Crippen LogP contribution in [0.25, 0.3) is 33.3 Å². The summed E-state index contributed by atoms with van der Waals surface area (Å²) < 4.78 is 16.1. The van der Waals surface area contributed by atoms with E-state index >= 15 is 0 Å². The number of rotatable bonds is 8. The fourth-order valence-corrected chi connectivity index (χ4v) is 7.02. The molecule has 1 aliphatic heterocycles. The van der Waals surface area contributed by atoms with Crippen molar-refractivity contribution in [3.63, 3.8) is 0 Å². The molecule has 2 aliphatic rings. The number of carbonyl (C=O) groups is 2. The zero-order valence-electron chi connectivity index (χ0n) is 23.9. The summed E-state index contributed by atoms with van der Waals surface area (Å²) in [6.45, 7) is 0.229. The van der Waals surface area contributed by atoms with E-state index in [9.17, 15) is 14.0 Å². The Morgan fingerprint density at radius 3 is 2.68 bits per heavy atom. The highest BCUT2D eigenvalue weighted by Gasteiger charge is 2.35. The van der Waals surface area contributed by atoms with E-state index in [0.717, 1.165) is 40.4 Å². The van der Waals surface area contributed by atoms with E-state index in [1.807, 2.05) is 17.5 Å². The number of aryl methyl sites for hydroxylation is 2. The number of benzene rings is 2. The molecule has 0 spiro atoms. The molecule has 0 saturated carbocycles.